The molecule has 6 nitrogen and oxygen atoms in total. The van der Waals surface area contributed by atoms with Gasteiger partial charge in [0.2, 0.25) is 0 Å². The number of aromatic nitrogens is 3. The fourth-order valence-electron chi connectivity index (χ4n) is 2.27. The molecule has 19 heavy (non-hydrogen) atoms. The van der Waals surface area contributed by atoms with Crippen LogP contribution in [0, 0.1) is 0 Å². The normalized spacial score (nSPS) is 14.8. The molecule has 0 aliphatic carbocycles. The highest BCUT2D eigenvalue weighted by Crippen LogP contribution is 2.19. The third-order valence-electron chi connectivity index (χ3n) is 3.30. The number of pyridine rings is 1. The lowest BCUT2D eigenvalue weighted by molar-refractivity contribution is 0.0794. The molecule has 3 rings (SSSR count). The van der Waals surface area contributed by atoms with Crippen molar-refractivity contribution in [1.29, 1.82) is 0 Å². The van der Waals surface area contributed by atoms with Crippen LogP contribution in [0.2, 0.25) is 0 Å². The van der Waals surface area contributed by atoms with Crippen LogP contribution in [0.4, 0.5) is 5.82 Å². The lowest BCUT2D eigenvalue weighted by Gasteiger charge is -2.14. The van der Waals surface area contributed by atoms with Gasteiger partial charge in [-0.15, -0.1) is 0 Å². The van der Waals surface area contributed by atoms with Crippen molar-refractivity contribution in [3.8, 4) is 5.82 Å². The monoisotopic (exact) mass is 257 g/mol. The van der Waals surface area contributed by atoms with Crippen molar-refractivity contribution >= 4 is 11.7 Å². The van der Waals surface area contributed by atoms with Crippen LogP contribution in [0.1, 0.15) is 23.2 Å². The maximum atomic E-state index is 12.3. The Labute approximate surface area is 110 Å². The van der Waals surface area contributed by atoms with E-state index in [0.29, 0.717) is 17.2 Å². The molecule has 2 aromatic heterocycles. The molecule has 0 unspecified atom stereocenters. The molecular formula is C13H15N5O. The van der Waals surface area contributed by atoms with Crippen LogP contribution in [0.3, 0.4) is 0 Å². The number of nitrogens with two attached hydrogens (primary N) is 1. The number of hydrogen-bond acceptors (Lipinski definition) is 4. The first kappa shape index (κ1) is 11.7. The van der Waals surface area contributed by atoms with Gasteiger partial charge in [0.1, 0.15) is 11.4 Å². The zero-order valence-corrected chi connectivity index (χ0v) is 10.5. The molecule has 2 aromatic rings. The number of nitrogens with zero attached hydrogens (tertiary/aromatic N) is 4. The second-order valence-electron chi connectivity index (χ2n) is 4.54. The van der Waals surface area contributed by atoms with E-state index in [9.17, 15) is 4.79 Å². The van der Waals surface area contributed by atoms with Crippen LogP contribution >= 0.6 is 0 Å². The van der Waals surface area contributed by atoms with E-state index in [1.54, 1.807) is 12.3 Å². The summed E-state index contributed by atoms with van der Waals surface area (Å²) in [5.74, 6) is 0.910. The Morgan fingerprint density at radius 1 is 1.26 bits per heavy atom. The van der Waals surface area contributed by atoms with Crippen molar-refractivity contribution in [3.05, 3.63) is 36.2 Å². The first-order valence-corrected chi connectivity index (χ1v) is 6.31. The lowest BCUT2D eigenvalue weighted by Crippen LogP contribution is -2.28. The van der Waals surface area contributed by atoms with Crippen molar-refractivity contribution in [3.63, 3.8) is 0 Å². The summed E-state index contributed by atoms with van der Waals surface area (Å²) in [5.41, 5.74) is 6.47. The standard InChI is InChI=1S/C13H15N5O/c14-12-10(13(19)17-7-3-4-8-17)9-16-18(12)11-5-1-2-6-15-11/h1-2,5-6,9H,3-4,7-8,14H2. The third-order valence-corrected chi connectivity index (χ3v) is 3.30. The SMILES string of the molecule is Nc1c(C(=O)N2CCCC2)cnn1-c1ccccn1. The second kappa shape index (κ2) is 4.72. The molecule has 0 atom stereocenters. The highest BCUT2D eigenvalue weighted by molar-refractivity contribution is 5.98. The van der Waals surface area contributed by atoms with Gasteiger partial charge < -0.3 is 10.6 Å². The molecule has 0 aromatic carbocycles. The predicted molar refractivity (Wildman–Crippen MR) is 70.9 cm³/mol. The largest absolute Gasteiger partial charge is 0.383 e. The summed E-state index contributed by atoms with van der Waals surface area (Å²) in [7, 11) is 0. The van der Waals surface area contributed by atoms with Crippen molar-refractivity contribution in [2.45, 2.75) is 12.8 Å². The van der Waals surface area contributed by atoms with Gasteiger partial charge in [-0.25, -0.2) is 4.98 Å². The molecule has 0 saturated carbocycles. The van der Waals surface area contributed by atoms with Gasteiger partial charge in [-0.2, -0.15) is 9.78 Å². The van der Waals surface area contributed by atoms with Gasteiger partial charge in [0.15, 0.2) is 5.82 Å². The summed E-state index contributed by atoms with van der Waals surface area (Å²) < 4.78 is 1.49. The lowest BCUT2D eigenvalue weighted by atomic mass is 10.3. The van der Waals surface area contributed by atoms with Gasteiger partial charge >= 0.3 is 0 Å². The number of carbonyl (C=O) groups excluding carboxylic acids is 1. The van der Waals surface area contributed by atoms with Gasteiger partial charge in [0.25, 0.3) is 5.91 Å². The highest BCUT2D eigenvalue weighted by Gasteiger charge is 2.24. The summed E-state index contributed by atoms with van der Waals surface area (Å²) in [6, 6.07) is 5.47. The number of nitrogen functional groups attached to an aromatic ring is 1. The Balaban J connectivity index is 1.93. The van der Waals surface area contributed by atoms with E-state index in [-0.39, 0.29) is 5.91 Å². The summed E-state index contributed by atoms with van der Waals surface area (Å²) in [6.45, 7) is 1.60. The van der Waals surface area contributed by atoms with Crippen LogP contribution < -0.4 is 5.73 Å². The quantitative estimate of drug-likeness (QED) is 0.873. The number of carbonyl (C=O) groups is 1. The molecule has 1 amide bonds. The molecule has 0 radical (unpaired) electrons. The number of anilines is 1. The predicted octanol–water partition coefficient (Wildman–Crippen LogP) is 1.09. The molecule has 1 saturated heterocycles. The first-order chi connectivity index (χ1) is 9.27. The minimum Gasteiger partial charge on any atom is -0.383 e. The van der Waals surface area contributed by atoms with Crippen LogP contribution in [-0.2, 0) is 0 Å². The van der Waals surface area contributed by atoms with E-state index < -0.39 is 0 Å². The van der Waals surface area contributed by atoms with Crippen molar-refractivity contribution in [2.75, 3.05) is 18.8 Å². The van der Waals surface area contributed by atoms with Crippen LogP contribution in [0.25, 0.3) is 5.82 Å². The molecule has 1 aliphatic rings. The average Bonchev–Trinajstić information content (AvgIpc) is 3.08. The second-order valence-corrected chi connectivity index (χ2v) is 4.54. The molecule has 98 valence electrons. The highest BCUT2D eigenvalue weighted by atomic mass is 16.2. The van der Waals surface area contributed by atoms with Crippen LogP contribution in [-0.4, -0.2) is 38.7 Å². The Bertz CT molecular complexity index is 586. The van der Waals surface area contributed by atoms with Gasteiger partial charge in [-0.1, -0.05) is 6.07 Å². The smallest absolute Gasteiger partial charge is 0.259 e. The molecule has 6 heteroatoms. The number of hydrogen-bond donors (Lipinski definition) is 1. The van der Waals surface area contributed by atoms with Crippen LogP contribution in [0.5, 0.6) is 0 Å². The number of amides is 1. The fraction of sp³-hybridized carbons (Fsp3) is 0.308. The number of rotatable bonds is 2. The van der Waals surface area contributed by atoms with Gasteiger partial charge in [-0.3, -0.25) is 4.79 Å². The Kier molecular flexibility index (Phi) is 2.91. The Morgan fingerprint density at radius 3 is 2.74 bits per heavy atom. The maximum absolute atomic E-state index is 12.3. The van der Waals surface area contributed by atoms with Crippen molar-refractivity contribution < 1.29 is 4.79 Å². The molecule has 1 fully saturated rings. The topological polar surface area (TPSA) is 77.0 Å². The molecule has 1 aliphatic heterocycles. The molecular weight excluding hydrogens is 242 g/mol. The summed E-state index contributed by atoms with van der Waals surface area (Å²) >= 11 is 0. The van der Waals surface area contributed by atoms with E-state index in [1.165, 1.54) is 10.9 Å². The zero-order chi connectivity index (χ0) is 13.2. The van der Waals surface area contributed by atoms with E-state index >= 15 is 0 Å². The zero-order valence-electron chi connectivity index (χ0n) is 10.5. The molecule has 3 heterocycles. The van der Waals surface area contributed by atoms with E-state index in [2.05, 4.69) is 10.1 Å². The number of likely N-dealkylation sites (tertiary alicyclic amines) is 1. The van der Waals surface area contributed by atoms with Crippen LogP contribution in [0.15, 0.2) is 30.6 Å². The minimum atomic E-state index is -0.0443. The maximum Gasteiger partial charge on any atom is 0.259 e. The van der Waals surface area contributed by atoms with Gasteiger partial charge in [0.05, 0.1) is 6.20 Å². The molecule has 2 N–H and O–H groups in total. The van der Waals surface area contributed by atoms with Gasteiger partial charge in [0, 0.05) is 19.3 Å². The Morgan fingerprint density at radius 2 is 2.05 bits per heavy atom. The summed E-state index contributed by atoms with van der Waals surface area (Å²) in [4.78, 5) is 18.3. The molecule has 0 bridgehead atoms. The molecule has 0 spiro atoms. The van der Waals surface area contributed by atoms with Crippen molar-refractivity contribution in [2.24, 2.45) is 0 Å². The average molecular weight is 257 g/mol. The van der Waals surface area contributed by atoms with Gasteiger partial charge in [-0.05, 0) is 25.0 Å². The van der Waals surface area contributed by atoms with E-state index in [4.69, 9.17) is 5.73 Å². The Hall–Kier alpha value is -2.37. The summed E-state index contributed by atoms with van der Waals surface area (Å²) in [5, 5.41) is 4.16. The minimum absolute atomic E-state index is 0.0443. The fourth-order valence-corrected chi connectivity index (χ4v) is 2.27. The summed E-state index contributed by atoms with van der Waals surface area (Å²) in [6.07, 6.45) is 5.29. The van der Waals surface area contributed by atoms with Crippen molar-refractivity contribution in [1.82, 2.24) is 19.7 Å². The van der Waals surface area contributed by atoms with E-state index in [0.717, 1.165) is 25.9 Å². The third kappa shape index (κ3) is 2.05. The van der Waals surface area contributed by atoms with E-state index in [1.807, 2.05) is 17.0 Å². The first-order valence-electron chi connectivity index (χ1n) is 6.31.